The van der Waals surface area contributed by atoms with Crippen LogP contribution >= 0.6 is 0 Å². The Bertz CT molecular complexity index is 1230. The summed E-state index contributed by atoms with van der Waals surface area (Å²) in [6.07, 6.45) is 9.60. The normalized spacial score (nSPS) is 37.9. The Morgan fingerprint density at radius 1 is 1.05 bits per heavy atom. The Morgan fingerprint density at radius 3 is 2.44 bits per heavy atom. The molecule has 4 aliphatic rings. The van der Waals surface area contributed by atoms with E-state index in [-0.39, 0.29) is 46.3 Å². The summed E-state index contributed by atoms with van der Waals surface area (Å²) >= 11 is 0. The van der Waals surface area contributed by atoms with Crippen molar-refractivity contribution in [2.45, 2.75) is 142 Å². The van der Waals surface area contributed by atoms with Crippen LogP contribution in [0.15, 0.2) is 27.6 Å². The molecule has 1 aromatic heterocycles. The standard InChI is InChI=1S/C35H53NO7/c1-21(2)18-28(36-31(39)43-32(3,4)5)30(38)42-24-12-15-33(6)23(19-24)9-10-27-26(33)13-16-34(7)25(14-17-35(27,34)40)22-8-11-29(37)41-20-22/h8,11,20-21,23-28,40H,9-10,12-19H2,1-7H3,(H,36,39)/t23?,24-,25+,26-,27?,28-,33?,34+,35?/m0/s1. The fraction of sp³-hybridized carbons (Fsp3) is 0.800. The monoisotopic (exact) mass is 599 g/mol. The molecule has 1 heterocycles. The largest absolute Gasteiger partial charge is 0.461 e. The molecule has 1 amide bonds. The van der Waals surface area contributed by atoms with Gasteiger partial charge in [0.05, 0.1) is 11.9 Å². The number of carbonyl (C=O) groups is 2. The molecule has 2 N–H and O–H groups in total. The second kappa shape index (κ2) is 11.5. The van der Waals surface area contributed by atoms with Crippen molar-refractivity contribution in [1.82, 2.24) is 5.32 Å². The van der Waals surface area contributed by atoms with Gasteiger partial charge in [-0.15, -0.1) is 0 Å². The molecule has 8 nitrogen and oxygen atoms in total. The zero-order valence-electron chi connectivity index (χ0n) is 27.2. The van der Waals surface area contributed by atoms with E-state index in [4.69, 9.17) is 13.9 Å². The molecule has 0 aliphatic heterocycles. The summed E-state index contributed by atoms with van der Waals surface area (Å²) in [5.74, 6) is 1.10. The minimum atomic E-state index is -0.745. The summed E-state index contributed by atoms with van der Waals surface area (Å²) < 4.78 is 16.7. The van der Waals surface area contributed by atoms with Gasteiger partial charge in [0.2, 0.25) is 0 Å². The van der Waals surface area contributed by atoms with E-state index in [0.717, 1.165) is 63.4 Å². The number of esters is 1. The Labute approximate surface area is 256 Å². The number of alkyl carbamates (subject to hydrolysis) is 1. The van der Waals surface area contributed by atoms with Gasteiger partial charge >= 0.3 is 17.7 Å². The number of hydrogen-bond acceptors (Lipinski definition) is 7. The lowest BCUT2D eigenvalue weighted by Gasteiger charge is -2.63. The van der Waals surface area contributed by atoms with Gasteiger partial charge in [-0.1, -0.05) is 27.7 Å². The van der Waals surface area contributed by atoms with Crippen LogP contribution in [0.2, 0.25) is 0 Å². The van der Waals surface area contributed by atoms with Crippen molar-refractivity contribution in [1.29, 1.82) is 0 Å². The van der Waals surface area contributed by atoms with Gasteiger partial charge in [0.25, 0.3) is 0 Å². The second-order valence-corrected chi connectivity index (χ2v) is 16.0. The topological polar surface area (TPSA) is 115 Å². The number of hydrogen-bond donors (Lipinski definition) is 2. The first-order valence-corrected chi connectivity index (χ1v) is 16.6. The Hall–Kier alpha value is -2.35. The number of ether oxygens (including phenoxy) is 2. The van der Waals surface area contributed by atoms with Gasteiger partial charge < -0.3 is 24.3 Å². The molecule has 0 bridgehead atoms. The van der Waals surface area contributed by atoms with Gasteiger partial charge in [-0.25, -0.2) is 14.4 Å². The highest BCUT2D eigenvalue weighted by molar-refractivity contribution is 5.81. The summed E-state index contributed by atoms with van der Waals surface area (Å²) in [6, 6.07) is 2.64. The van der Waals surface area contributed by atoms with Crippen LogP contribution in [-0.2, 0) is 14.3 Å². The van der Waals surface area contributed by atoms with Crippen molar-refractivity contribution in [3.63, 3.8) is 0 Å². The lowest BCUT2D eigenvalue weighted by molar-refractivity contribution is -0.207. The fourth-order valence-electron chi connectivity index (χ4n) is 9.78. The minimum Gasteiger partial charge on any atom is -0.461 e. The quantitative estimate of drug-likeness (QED) is 0.348. The van der Waals surface area contributed by atoms with Crippen molar-refractivity contribution in [2.75, 3.05) is 0 Å². The maximum Gasteiger partial charge on any atom is 0.408 e. The first-order chi connectivity index (χ1) is 20.1. The van der Waals surface area contributed by atoms with Crippen molar-refractivity contribution in [3.05, 3.63) is 34.4 Å². The third-order valence-electron chi connectivity index (χ3n) is 11.9. The zero-order chi connectivity index (χ0) is 31.4. The van der Waals surface area contributed by atoms with Crippen molar-refractivity contribution in [3.8, 4) is 0 Å². The van der Waals surface area contributed by atoms with Crippen LogP contribution in [0.25, 0.3) is 0 Å². The predicted octanol–water partition coefficient (Wildman–Crippen LogP) is 6.73. The van der Waals surface area contributed by atoms with Crippen LogP contribution in [0, 0.1) is 34.5 Å². The molecule has 4 unspecified atom stereocenters. The molecular weight excluding hydrogens is 546 g/mol. The minimum absolute atomic E-state index is 0.0899. The molecule has 4 saturated carbocycles. The smallest absolute Gasteiger partial charge is 0.408 e. The molecule has 4 fully saturated rings. The van der Waals surface area contributed by atoms with Crippen molar-refractivity contribution in [2.24, 2.45) is 34.5 Å². The fourth-order valence-corrected chi connectivity index (χ4v) is 9.78. The zero-order valence-corrected chi connectivity index (χ0v) is 27.2. The van der Waals surface area contributed by atoms with Gasteiger partial charge in [-0.3, -0.25) is 0 Å². The third-order valence-corrected chi connectivity index (χ3v) is 11.9. The van der Waals surface area contributed by atoms with Gasteiger partial charge in [-0.2, -0.15) is 0 Å². The number of fused-ring (bicyclic) bond motifs is 5. The van der Waals surface area contributed by atoms with Gasteiger partial charge in [0, 0.05) is 11.5 Å². The van der Waals surface area contributed by atoms with E-state index in [1.165, 1.54) is 6.07 Å². The number of carbonyl (C=O) groups excluding carboxylic acids is 2. The molecule has 240 valence electrons. The molecule has 5 rings (SSSR count). The summed E-state index contributed by atoms with van der Waals surface area (Å²) in [4.78, 5) is 37.4. The van der Waals surface area contributed by atoms with Gasteiger partial charge in [-0.05, 0) is 132 Å². The molecule has 0 spiro atoms. The number of nitrogens with one attached hydrogen (secondary N) is 1. The summed E-state index contributed by atoms with van der Waals surface area (Å²) in [5.41, 5.74) is -0.872. The Kier molecular flexibility index (Phi) is 8.60. The predicted molar refractivity (Wildman–Crippen MR) is 163 cm³/mol. The summed E-state index contributed by atoms with van der Waals surface area (Å²) in [6.45, 7) is 14.1. The van der Waals surface area contributed by atoms with Gasteiger partial charge in [0.15, 0.2) is 0 Å². The van der Waals surface area contributed by atoms with Crippen LogP contribution in [0.1, 0.15) is 124 Å². The highest BCUT2D eigenvalue weighted by Crippen LogP contribution is 2.70. The van der Waals surface area contributed by atoms with E-state index in [9.17, 15) is 19.5 Å². The molecule has 43 heavy (non-hydrogen) atoms. The van der Waals surface area contributed by atoms with Crippen LogP contribution < -0.4 is 10.9 Å². The second-order valence-electron chi connectivity index (χ2n) is 16.0. The molecule has 0 saturated heterocycles. The van der Waals surface area contributed by atoms with Gasteiger partial charge in [0.1, 0.15) is 17.7 Å². The van der Waals surface area contributed by atoms with E-state index in [1.807, 2.05) is 19.9 Å². The summed E-state index contributed by atoms with van der Waals surface area (Å²) in [7, 11) is 0. The highest BCUT2D eigenvalue weighted by Gasteiger charge is 2.67. The Balaban J connectivity index is 1.25. The molecular formula is C35H53NO7. The van der Waals surface area contributed by atoms with Crippen LogP contribution in [0.5, 0.6) is 0 Å². The Morgan fingerprint density at radius 2 is 1.79 bits per heavy atom. The number of amides is 1. The van der Waals surface area contributed by atoms with E-state index < -0.39 is 23.3 Å². The molecule has 0 aromatic carbocycles. The SMILES string of the molecule is CC(C)C[C@H](NC(=O)OC(C)(C)C)C(=O)O[C@H]1CCC2(C)C(CCC3[C@@H]2CC[C@]2(C)[C@@H](c4ccc(=O)oc4)CCC32O)C1. The highest BCUT2D eigenvalue weighted by atomic mass is 16.6. The van der Waals surface area contributed by atoms with E-state index in [2.05, 4.69) is 19.2 Å². The maximum absolute atomic E-state index is 13.3. The molecule has 1 aromatic rings. The van der Waals surface area contributed by atoms with Crippen LogP contribution in [-0.4, -0.2) is 40.5 Å². The molecule has 0 radical (unpaired) electrons. The number of rotatable bonds is 6. The van der Waals surface area contributed by atoms with E-state index in [1.54, 1.807) is 27.0 Å². The van der Waals surface area contributed by atoms with E-state index >= 15 is 0 Å². The molecule has 9 atom stereocenters. The van der Waals surface area contributed by atoms with Crippen molar-refractivity contribution >= 4 is 12.1 Å². The third kappa shape index (κ3) is 6.02. The molecule has 4 aliphatic carbocycles. The number of aliphatic hydroxyl groups is 1. The first-order valence-electron chi connectivity index (χ1n) is 16.6. The first kappa shape index (κ1) is 32.1. The van der Waals surface area contributed by atoms with E-state index in [0.29, 0.717) is 18.3 Å². The average Bonchev–Trinajstić information content (AvgIpc) is 3.18. The van der Waals surface area contributed by atoms with Crippen molar-refractivity contribution < 1.29 is 28.6 Å². The average molecular weight is 600 g/mol. The summed E-state index contributed by atoms with van der Waals surface area (Å²) in [5, 5.41) is 15.3. The van der Waals surface area contributed by atoms with Crippen LogP contribution in [0.4, 0.5) is 4.79 Å². The maximum atomic E-state index is 13.3. The lowest BCUT2D eigenvalue weighted by atomic mass is 9.43. The van der Waals surface area contributed by atoms with Crippen LogP contribution in [0.3, 0.4) is 0 Å². The molecule has 8 heteroatoms. The lowest BCUT2D eigenvalue weighted by Crippen LogP contribution is -2.62.